The van der Waals surface area contributed by atoms with Crippen LogP contribution in [0.3, 0.4) is 0 Å². The van der Waals surface area contributed by atoms with Gasteiger partial charge < -0.3 is 9.64 Å². The maximum atomic E-state index is 13.3. The van der Waals surface area contributed by atoms with Gasteiger partial charge in [0.1, 0.15) is 0 Å². The van der Waals surface area contributed by atoms with Crippen molar-refractivity contribution in [2.75, 3.05) is 13.1 Å². The minimum absolute atomic E-state index is 0.0786. The molecule has 23 heavy (non-hydrogen) atoms. The van der Waals surface area contributed by atoms with Crippen LogP contribution in [0.2, 0.25) is 0 Å². The van der Waals surface area contributed by atoms with Gasteiger partial charge in [0.25, 0.3) is 0 Å². The lowest BCUT2D eigenvalue weighted by Gasteiger charge is -2.37. The van der Waals surface area contributed by atoms with Crippen molar-refractivity contribution in [1.82, 2.24) is 4.90 Å². The molecule has 1 heterocycles. The van der Waals surface area contributed by atoms with E-state index in [4.69, 9.17) is 4.74 Å². The van der Waals surface area contributed by atoms with Gasteiger partial charge in [-0.1, -0.05) is 60.7 Å². The molecular weight excluding hydrogens is 286 g/mol. The van der Waals surface area contributed by atoms with Crippen LogP contribution in [-0.4, -0.2) is 36.1 Å². The standard InChI is InChI=1S/C20H23NO2/c1-15-13-21(14-16(2)23-15)20(22)19(17-9-5-3-6-10-17)18-11-7-4-8-12-18/h3-12,15-16,19H,13-14H2,1-2H3/t15-,16-/m0/s1. The highest BCUT2D eigenvalue weighted by molar-refractivity contribution is 5.87. The van der Waals surface area contributed by atoms with E-state index < -0.39 is 0 Å². The van der Waals surface area contributed by atoms with Crippen molar-refractivity contribution in [3.63, 3.8) is 0 Å². The number of morpholine rings is 1. The first kappa shape index (κ1) is 15.8. The second kappa shape index (κ2) is 6.97. The summed E-state index contributed by atoms with van der Waals surface area (Å²) in [5, 5.41) is 0. The van der Waals surface area contributed by atoms with Gasteiger partial charge in [0.2, 0.25) is 5.91 Å². The first-order chi connectivity index (χ1) is 11.1. The molecule has 1 aliphatic rings. The Morgan fingerprint density at radius 3 is 1.78 bits per heavy atom. The number of benzene rings is 2. The maximum absolute atomic E-state index is 13.3. The molecule has 120 valence electrons. The molecule has 0 spiro atoms. The molecule has 2 aromatic rings. The van der Waals surface area contributed by atoms with Crippen molar-refractivity contribution in [1.29, 1.82) is 0 Å². The number of carbonyl (C=O) groups excluding carboxylic acids is 1. The first-order valence-corrected chi connectivity index (χ1v) is 8.19. The van der Waals surface area contributed by atoms with E-state index in [9.17, 15) is 4.79 Å². The molecule has 1 amide bonds. The smallest absolute Gasteiger partial charge is 0.234 e. The Labute approximate surface area is 137 Å². The Hall–Kier alpha value is -2.13. The van der Waals surface area contributed by atoms with E-state index in [0.717, 1.165) is 11.1 Å². The van der Waals surface area contributed by atoms with Crippen LogP contribution < -0.4 is 0 Å². The van der Waals surface area contributed by atoms with Gasteiger partial charge in [-0.05, 0) is 25.0 Å². The van der Waals surface area contributed by atoms with E-state index in [1.54, 1.807) is 0 Å². The Balaban J connectivity index is 1.94. The van der Waals surface area contributed by atoms with Crippen LogP contribution >= 0.6 is 0 Å². The van der Waals surface area contributed by atoms with Crippen molar-refractivity contribution in [3.8, 4) is 0 Å². The van der Waals surface area contributed by atoms with Crippen molar-refractivity contribution in [3.05, 3.63) is 71.8 Å². The largest absolute Gasteiger partial charge is 0.372 e. The van der Waals surface area contributed by atoms with E-state index >= 15 is 0 Å². The van der Waals surface area contributed by atoms with Gasteiger partial charge in [-0.25, -0.2) is 0 Å². The van der Waals surface area contributed by atoms with Gasteiger partial charge >= 0.3 is 0 Å². The average molecular weight is 309 g/mol. The summed E-state index contributed by atoms with van der Waals surface area (Å²) in [7, 11) is 0. The molecule has 0 unspecified atom stereocenters. The number of ether oxygens (including phenoxy) is 1. The van der Waals surface area contributed by atoms with Crippen LogP contribution in [-0.2, 0) is 9.53 Å². The van der Waals surface area contributed by atoms with E-state index in [0.29, 0.717) is 13.1 Å². The number of hydrogen-bond acceptors (Lipinski definition) is 2. The number of rotatable bonds is 3. The summed E-state index contributed by atoms with van der Waals surface area (Å²) >= 11 is 0. The summed E-state index contributed by atoms with van der Waals surface area (Å²) in [5.41, 5.74) is 2.07. The predicted molar refractivity (Wildman–Crippen MR) is 91.3 cm³/mol. The SMILES string of the molecule is C[C@H]1CN(C(=O)C(c2ccccc2)c2ccccc2)C[C@H](C)O1. The molecule has 0 aliphatic carbocycles. The Bertz CT molecular complexity index is 592. The zero-order valence-corrected chi connectivity index (χ0v) is 13.7. The fourth-order valence-corrected chi connectivity index (χ4v) is 3.31. The summed E-state index contributed by atoms with van der Waals surface area (Å²) in [5.74, 6) is -0.0979. The monoisotopic (exact) mass is 309 g/mol. The quantitative estimate of drug-likeness (QED) is 0.869. The molecule has 0 N–H and O–H groups in total. The number of carbonyl (C=O) groups is 1. The summed E-state index contributed by atoms with van der Waals surface area (Å²) in [6.07, 6.45) is 0.157. The van der Waals surface area contributed by atoms with Gasteiger partial charge in [0.05, 0.1) is 18.1 Å². The maximum Gasteiger partial charge on any atom is 0.234 e. The third kappa shape index (κ3) is 3.62. The summed E-state index contributed by atoms with van der Waals surface area (Å²) in [6, 6.07) is 20.0. The van der Waals surface area contributed by atoms with Gasteiger partial charge in [-0.15, -0.1) is 0 Å². The van der Waals surface area contributed by atoms with Gasteiger partial charge in [0.15, 0.2) is 0 Å². The number of nitrogens with zero attached hydrogens (tertiary/aromatic N) is 1. The molecule has 3 heteroatoms. The minimum atomic E-state index is -0.255. The average Bonchev–Trinajstić information content (AvgIpc) is 2.56. The lowest BCUT2D eigenvalue weighted by molar-refractivity contribution is -0.143. The van der Waals surface area contributed by atoms with Gasteiger partial charge in [-0.2, -0.15) is 0 Å². The number of hydrogen-bond donors (Lipinski definition) is 0. The topological polar surface area (TPSA) is 29.5 Å². The molecule has 2 aromatic carbocycles. The van der Waals surface area contributed by atoms with Crippen LogP contribution in [0.15, 0.2) is 60.7 Å². The van der Waals surface area contributed by atoms with E-state index in [1.807, 2.05) is 79.4 Å². The second-order valence-corrected chi connectivity index (χ2v) is 6.25. The van der Waals surface area contributed by atoms with Crippen molar-refractivity contribution in [2.45, 2.75) is 32.0 Å². The molecule has 1 saturated heterocycles. The van der Waals surface area contributed by atoms with E-state index in [2.05, 4.69) is 0 Å². The highest BCUT2D eigenvalue weighted by atomic mass is 16.5. The highest BCUT2D eigenvalue weighted by Gasteiger charge is 2.32. The molecule has 3 rings (SSSR count). The normalized spacial score (nSPS) is 21.4. The molecule has 0 radical (unpaired) electrons. The van der Waals surface area contributed by atoms with Crippen LogP contribution in [0, 0.1) is 0 Å². The summed E-state index contributed by atoms with van der Waals surface area (Å²) < 4.78 is 5.76. The zero-order valence-electron chi connectivity index (χ0n) is 13.7. The van der Waals surface area contributed by atoms with Crippen LogP contribution in [0.5, 0.6) is 0 Å². The van der Waals surface area contributed by atoms with Crippen LogP contribution in [0.1, 0.15) is 30.9 Å². The second-order valence-electron chi connectivity index (χ2n) is 6.25. The summed E-state index contributed by atoms with van der Waals surface area (Å²) in [6.45, 7) is 5.35. The molecule has 1 aliphatic heterocycles. The van der Waals surface area contributed by atoms with Crippen LogP contribution in [0.25, 0.3) is 0 Å². The Kier molecular flexibility index (Phi) is 4.77. The van der Waals surface area contributed by atoms with Crippen molar-refractivity contribution in [2.24, 2.45) is 0 Å². The highest BCUT2D eigenvalue weighted by Crippen LogP contribution is 2.28. The third-order valence-electron chi connectivity index (χ3n) is 4.24. The molecule has 0 aromatic heterocycles. The molecular formula is C20H23NO2. The number of amides is 1. The van der Waals surface area contributed by atoms with Gasteiger partial charge in [-0.3, -0.25) is 4.79 Å². The summed E-state index contributed by atoms with van der Waals surface area (Å²) in [4.78, 5) is 15.2. The Morgan fingerprint density at radius 1 is 0.913 bits per heavy atom. The molecule has 2 atom stereocenters. The van der Waals surface area contributed by atoms with E-state index in [1.165, 1.54) is 0 Å². The van der Waals surface area contributed by atoms with Crippen LogP contribution in [0.4, 0.5) is 0 Å². The van der Waals surface area contributed by atoms with Gasteiger partial charge in [0, 0.05) is 13.1 Å². The van der Waals surface area contributed by atoms with E-state index in [-0.39, 0.29) is 24.0 Å². The zero-order chi connectivity index (χ0) is 16.2. The third-order valence-corrected chi connectivity index (χ3v) is 4.24. The Morgan fingerprint density at radius 2 is 1.35 bits per heavy atom. The molecule has 0 bridgehead atoms. The minimum Gasteiger partial charge on any atom is -0.372 e. The molecule has 3 nitrogen and oxygen atoms in total. The van der Waals surface area contributed by atoms with Crippen molar-refractivity contribution >= 4 is 5.91 Å². The fraction of sp³-hybridized carbons (Fsp3) is 0.350. The molecule has 0 saturated carbocycles. The molecule has 1 fully saturated rings. The lowest BCUT2D eigenvalue weighted by atomic mass is 9.89. The van der Waals surface area contributed by atoms with Crippen molar-refractivity contribution < 1.29 is 9.53 Å². The fourth-order valence-electron chi connectivity index (χ4n) is 3.31. The predicted octanol–water partition coefficient (Wildman–Crippen LogP) is 3.45. The lowest BCUT2D eigenvalue weighted by Crippen LogP contribution is -2.49. The first-order valence-electron chi connectivity index (χ1n) is 8.19.